The Morgan fingerprint density at radius 1 is 1.54 bits per heavy atom. The highest BCUT2D eigenvalue weighted by Crippen LogP contribution is 2.35. The molecule has 0 saturated heterocycles. The van der Waals surface area contributed by atoms with Crippen molar-refractivity contribution in [3.05, 3.63) is 33.3 Å². The Kier molecular flexibility index (Phi) is 3.90. The molecule has 0 radical (unpaired) electrons. The predicted molar refractivity (Wildman–Crippen MR) is 99.8 cm³/mol. The van der Waals surface area contributed by atoms with Crippen molar-refractivity contribution in [2.24, 2.45) is 0 Å². The fourth-order valence-electron chi connectivity index (χ4n) is 3.01. The summed E-state index contributed by atoms with van der Waals surface area (Å²) in [5, 5.41) is 9.03. The molecule has 2 aliphatic rings. The van der Waals surface area contributed by atoms with Crippen molar-refractivity contribution in [2.45, 2.75) is 25.4 Å². The highest BCUT2D eigenvalue weighted by molar-refractivity contribution is 8.02. The number of fused-ring (bicyclic) bond motifs is 2. The van der Waals surface area contributed by atoms with Crippen LogP contribution >= 0.6 is 23.1 Å². The number of hydrogen-bond donors (Lipinski definition) is 3. The molecule has 2 aliphatic heterocycles. The summed E-state index contributed by atoms with van der Waals surface area (Å²) in [4.78, 5) is 21.0. The van der Waals surface area contributed by atoms with Crippen LogP contribution in [0.25, 0.3) is 10.2 Å². The summed E-state index contributed by atoms with van der Waals surface area (Å²) >= 11 is 2.92. The number of anilines is 1. The number of likely N-dealkylation sites (N-methyl/N-ethyl adjacent to an activating group) is 1. The topological polar surface area (TPSA) is 83.3 Å². The zero-order chi connectivity index (χ0) is 16.8. The first kappa shape index (κ1) is 15.7. The average molecular weight is 361 g/mol. The number of nitrogens with zero attached hydrogens (tertiary/aromatic N) is 2. The number of nitrogen functional groups attached to an aromatic ring is 1. The van der Waals surface area contributed by atoms with Gasteiger partial charge in [-0.15, -0.1) is 11.3 Å². The molecule has 4 rings (SSSR count). The van der Waals surface area contributed by atoms with Gasteiger partial charge in [0, 0.05) is 36.3 Å². The van der Waals surface area contributed by atoms with Gasteiger partial charge in [-0.1, -0.05) is 11.8 Å². The fraction of sp³-hybridized carbons (Fsp3) is 0.375. The first-order valence-corrected chi connectivity index (χ1v) is 9.56. The standard InChI is InChI=1S/C16H19N5OS2/c1-8-7-23-16(18-8)20-14(22)13-12(17)10-5-9-6-21(2)4-3-11(9)19-15(10)24-13/h5,7,16,18H,3-4,6,17H2,1-2H3,(H,20,22). The number of carbonyl (C=O) groups is 1. The van der Waals surface area contributed by atoms with Crippen LogP contribution in [0, 0.1) is 0 Å². The van der Waals surface area contributed by atoms with Gasteiger partial charge in [0.2, 0.25) is 0 Å². The zero-order valence-corrected chi connectivity index (χ0v) is 15.2. The average Bonchev–Trinajstić information content (AvgIpc) is 3.09. The first-order valence-electron chi connectivity index (χ1n) is 7.80. The maximum atomic E-state index is 12.6. The number of nitrogens with two attached hydrogens (primary N) is 1. The number of amides is 1. The largest absolute Gasteiger partial charge is 0.397 e. The van der Waals surface area contributed by atoms with Gasteiger partial charge in [0.15, 0.2) is 5.50 Å². The third-order valence-corrected chi connectivity index (χ3v) is 6.38. The molecule has 6 nitrogen and oxygen atoms in total. The van der Waals surface area contributed by atoms with E-state index in [2.05, 4.69) is 28.6 Å². The SMILES string of the molecule is CC1=CSC(NC(=O)c2sc3nc4c(cc3c2N)CN(C)CC4)N1. The van der Waals surface area contributed by atoms with Crippen molar-refractivity contribution in [1.82, 2.24) is 20.5 Å². The van der Waals surface area contributed by atoms with Gasteiger partial charge in [-0.2, -0.15) is 0 Å². The highest BCUT2D eigenvalue weighted by atomic mass is 32.2. The van der Waals surface area contributed by atoms with E-state index in [1.54, 1.807) is 11.8 Å². The lowest BCUT2D eigenvalue weighted by molar-refractivity contribution is 0.0952. The molecule has 1 amide bonds. The zero-order valence-electron chi connectivity index (χ0n) is 13.5. The molecule has 24 heavy (non-hydrogen) atoms. The van der Waals surface area contributed by atoms with E-state index in [-0.39, 0.29) is 11.4 Å². The molecule has 0 fully saturated rings. The summed E-state index contributed by atoms with van der Waals surface area (Å²) in [6.07, 6.45) is 0.939. The van der Waals surface area contributed by atoms with Crippen LogP contribution in [-0.2, 0) is 13.0 Å². The van der Waals surface area contributed by atoms with E-state index in [1.807, 2.05) is 12.3 Å². The molecule has 0 bridgehead atoms. The lowest BCUT2D eigenvalue weighted by Crippen LogP contribution is -2.39. The van der Waals surface area contributed by atoms with Gasteiger partial charge in [0.1, 0.15) is 9.71 Å². The van der Waals surface area contributed by atoms with E-state index in [0.717, 1.165) is 41.1 Å². The number of carbonyl (C=O) groups excluding carboxylic acids is 1. The van der Waals surface area contributed by atoms with Gasteiger partial charge < -0.3 is 21.3 Å². The smallest absolute Gasteiger partial charge is 0.265 e. The summed E-state index contributed by atoms with van der Waals surface area (Å²) in [7, 11) is 2.10. The van der Waals surface area contributed by atoms with Crippen LogP contribution in [0.5, 0.6) is 0 Å². The van der Waals surface area contributed by atoms with E-state index in [9.17, 15) is 4.79 Å². The van der Waals surface area contributed by atoms with Crippen LogP contribution in [0.15, 0.2) is 17.2 Å². The number of pyridine rings is 1. The lowest BCUT2D eigenvalue weighted by Gasteiger charge is -2.24. The number of thiophene rings is 1. The van der Waals surface area contributed by atoms with Crippen LogP contribution in [0.1, 0.15) is 27.9 Å². The number of rotatable bonds is 2. The second kappa shape index (κ2) is 5.94. The normalized spacial score (nSPS) is 20.6. The van der Waals surface area contributed by atoms with Crippen molar-refractivity contribution in [3.63, 3.8) is 0 Å². The minimum Gasteiger partial charge on any atom is -0.397 e. The fourth-order valence-corrected chi connectivity index (χ4v) is 4.84. The van der Waals surface area contributed by atoms with Crippen molar-refractivity contribution >= 4 is 44.9 Å². The molecule has 4 heterocycles. The van der Waals surface area contributed by atoms with Crippen LogP contribution in [0.2, 0.25) is 0 Å². The Bertz CT molecular complexity index is 860. The van der Waals surface area contributed by atoms with Gasteiger partial charge in [-0.05, 0) is 31.0 Å². The summed E-state index contributed by atoms with van der Waals surface area (Å²) in [6.45, 7) is 3.86. The molecule has 1 unspecified atom stereocenters. The third-order valence-electron chi connectivity index (χ3n) is 4.27. The molecule has 1 atom stereocenters. The molecular formula is C16H19N5OS2. The van der Waals surface area contributed by atoms with E-state index < -0.39 is 0 Å². The van der Waals surface area contributed by atoms with Crippen LogP contribution < -0.4 is 16.4 Å². The first-order chi connectivity index (χ1) is 11.5. The minimum absolute atomic E-state index is 0.142. The molecule has 0 spiro atoms. The Morgan fingerprint density at radius 3 is 3.12 bits per heavy atom. The van der Waals surface area contributed by atoms with E-state index in [4.69, 9.17) is 10.7 Å². The summed E-state index contributed by atoms with van der Waals surface area (Å²) in [5.41, 5.74) is 10.0. The van der Waals surface area contributed by atoms with Gasteiger partial charge in [-0.3, -0.25) is 4.79 Å². The van der Waals surface area contributed by atoms with Crippen molar-refractivity contribution in [2.75, 3.05) is 19.3 Å². The van der Waals surface area contributed by atoms with Gasteiger partial charge in [0.05, 0.1) is 5.69 Å². The lowest BCUT2D eigenvalue weighted by atomic mass is 10.0. The van der Waals surface area contributed by atoms with Crippen molar-refractivity contribution in [3.8, 4) is 0 Å². The molecule has 0 aromatic carbocycles. The summed E-state index contributed by atoms with van der Waals surface area (Å²) in [6, 6.07) is 2.10. The number of thioether (sulfide) groups is 1. The maximum absolute atomic E-state index is 12.6. The number of hydrogen-bond acceptors (Lipinski definition) is 7. The van der Waals surface area contributed by atoms with E-state index >= 15 is 0 Å². The molecule has 8 heteroatoms. The monoisotopic (exact) mass is 361 g/mol. The van der Waals surface area contributed by atoms with E-state index in [0.29, 0.717) is 10.6 Å². The Balaban J connectivity index is 1.64. The molecular weight excluding hydrogens is 342 g/mol. The Morgan fingerprint density at radius 2 is 2.38 bits per heavy atom. The molecule has 2 aromatic rings. The third kappa shape index (κ3) is 2.74. The molecule has 2 aromatic heterocycles. The highest BCUT2D eigenvalue weighted by Gasteiger charge is 2.24. The van der Waals surface area contributed by atoms with Crippen LogP contribution in [0.3, 0.4) is 0 Å². The van der Waals surface area contributed by atoms with Gasteiger partial charge in [-0.25, -0.2) is 4.98 Å². The molecule has 4 N–H and O–H groups in total. The number of nitrogens with one attached hydrogen (secondary N) is 2. The number of allylic oxidation sites excluding steroid dienone is 1. The molecule has 0 saturated carbocycles. The summed E-state index contributed by atoms with van der Waals surface area (Å²) < 4.78 is 0. The minimum atomic E-state index is -0.154. The van der Waals surface area contributed by atoms with Crippen molar-refractivity contribution in [1.29, 1.82) is 0 Å². The Hall–Kier alpha value is -1.77. The second-order valence-corrected chi connectivity index (χ2v) is 8.19. The quantitative estimate of drug-likeness (QED) is 0.760. The van der Waals surface area contributed by atoms with Gasteiger partial charge >= 0.3 is 0 Å². The maximum Gasteiger partial charge on any atom is 0.265 e. The number of aromatic nitrogens is 1. The summed E-state index contributed by atoms with van der Waals surface area (Å²) in [5.74, 6) is -0.154. The van der Waals surface area contributed by atoms with E-state index in [1.165, 1.54) is 16.9 Å². The van der Waals surface area contributed by atoms with Crippen molar-refractivity contribution < 1.29 is 4.79 Å². The second-order valence-electron chi connectivity index (χ2n) is 6.21. The van der Waals surface area contributed by atoms with Crippen LogP contribution in [-0.4, -0.2) is 34.9 Å². The van der Waals surface area contributed by atoms with Crippen LogP contribution in [0.4, 0.5) is 5.69 Å². The molecule has 126 valence electrons. The predicted octanol–water partition coefficient (Wildman–Crippen LogP) is 2.08. The van der Waals surface area contributed by atoms with Gasteiger partial charge in [0.25, 0.3) is 5.91 Å². The Labute approximate surface area is 148 Å². The molecule has 0 aliphatic carbocycles.